The van der Waals surface area contributed by atoms with Crippen LogP contribution in [0.4, 0.5) is 0 Å². The van der Waals surface area contributed by atoms with E-state index in [1.54, 1.807) is 0 Å². The van der Waals surface area contributed by atoms with Crippen molar-refractivity contribution in [1.29, 1.82) is 0 Å². The molecule has 0 aromatic heterocycles. The van der Waals surface area contributed by atoms with Crippen molar-refractivity contribution in [2.45, 2.75) is 51.6 Å². The van der Waals surface area contributed by atoms with Gasteiger partial charge in [0, 0.05) is 31.8 Å². The molecule has 100 valence electrons. The summed E-state index contributed by atoms with van der Waals surface area (Å²) in [7, 11) is 0. The summed E-state index contributed by atoms with van der Waals surface area (Å²) in [5.41, 5.74) is 6.25. The van der Waals surface area contributed by atoms with E-state index in [0.717, 1.165) is 51.5 Å². The molecule has 0 bridgehead atoms. The van der Waals surface area contributed by atoms with Crippen LogP contribution in [0.3, 0.4) is 0 Å². The average molecular weight is 241 g/mol. The van der Waals surface area contributed by atoms with E-state index in [0.29, 0.717) is 6.10 Å². The van der Waals surface area contributed by atoms with Crippen LogP contribution in [0.1, 0.15) is 45.4 Å². The van der Waals surface area contributed by atoms with Crippen molar-refractivity contribution in [3.05, 3.63) is 0 Å². The Kier molecular flexibility index (Phi) is 4.83. The lowest BCUT2D eigenvalue weighted by atomic mass is 9.76. The molecule has 2 unspecified atom stereocenters. The first-order valence-electron chi connectivity index (χ1n) is 7.22. The highest BCUT2D eigenvalue weighted by Gasteiger charge is 2.49. The normalized spacial score (nSPS) is 33.2. The maximum atomic E-state index is 6.03. The summed E-state index contributed by atoms with van der Waals surface area (Å²) >= 11 is 0. The first-order valence-corrected chi connectivity index (χ1v) is 7.22. The Labute approximate surface area is 105 Å². The van der Waals surface area contributed by atoms with Gasteiger partial charge in [-0.15, -0.1) is 0 Å². The predicted octanol–water partition coefficient (Wildman–Crippen LogP) is 2.34. The zero-order valence-electron chi connectivity index (χ0n) is 11.1. The minimum Gasteiger partial charge on any atom is -0.381 e. The van der Waals surface area contributed by atoms with Crippen molar-refractivity contribution in [2.24, 2.45) is 17.1 Å². The maximum absolute atomic E-state index is 6.03. The lowest BCUT2D eigenvalue weighted by Gasteiger charge is -2.33. The van der Waals surface area contributed by atoms with Crippen molar-refractivity contribution >= 4 is 0 Å². The van der Waals surface area contributed by atoms with Crippen LogP contribution in [-0.4, -0.2) is 32.5 Å². The quantitative estimate of drug-likeness (QED) is 0.663. The van der Waals surface area contributed by atoms with E-state index in [-0.39, 0.29) is 5.41 Å². The van der Waals surface area contributed by atoms with Gasteiger partial charge in [0.2, 0.25) is 0 Å². The SMILES string of the molecule is CCCCOCCC1(CN)CCOC1C1CC1. The number of hydrogen-bond donors (Lipinski definition) is 1. The van der Waals surface area contributed by atoms with Crippen molar-refractivity contribution < 1.29 is 9.47 Å². The molecule has 3 heteroatoms. The third-order valence-electron chi connectivity index (χ3n) is 4.34. The van der Waals surface area contributed by atoms with E-state index in [9.17, 15) is 0 Å². The van der Waals surface area contributed by atoms with E-state index < -0.39 is 0 Å². The molecule has 1 aliphatic heterocycles. The fraction of sp³-hybridized carbons (Fsp3) is 1.00. The lowest BCUT2D eigenvalue weighted by molar-refractivity contribution is 0.0122. The number of ether oxygens (including phenoxy) is 2. The van der Waals surface area contributed by atoms with Crippen LogP contribution in [-0.2, 0) is 9.47 Å². The van der Waals surface area contributed by atoms with E-state index >= 15 is 0 Å². The van der Waals surface area contributed by atoms with Gasteiger partial charge in [-0.05, 0) is 38.0 Å². The molecule has 0 amide bonds. The maximum Gasteiger partial charge on any atom is 0.0673 e. The van der Waals surface area contributed by atoms with Crippen molar-refractivity contribution in [1.82, 2.24) is 0 Å². The molecule has 1 aliphatic carbocycles. The molecule has 1 heterocycles. The van der Waals surface area contributed by atoms with E-state index in [2.05, 4.69) is 6.92 Å². The molecule has 1 saturated heterocycles. The van der Waals surface area contributed by atoms with Crippen LogP contribution in [0.5, 0.6) is 0 Å². The second-order valence-corrected chi connectivity index (χ2v) is 5.66. The summed E-state index contributed by atoms with van der Waals surface area (Å²) in [4.78, 5) is 0. The monoisotopic (exact) mass is 241 g/mol. The second-order valence-electron chi connectivity index (χ2n) is 5.66. The Balaban J connectivity index is 1.77. The molecule has 0 aromatic carbocycles. The number of hydrogen-bond acceptors (Lipinski definition) is 3. The minimum absolute atomic E-state index is 0.216. The third-order valence-corrected chi connectivity index (χ3v) is 4.34. The molecule has 2 atom stereocenters. The van der Waals surface area contributed by atoms with Crippen LogP contribution in [0, 0.1) is 11.3 Å². The van der Waals surface area contributed by atoms with Crippen molar-refractivity contribution in [3.8, 4) is 0 Å². The molecular formula is C14H27NO2. The molecule has 2 N–H and O–H groups in total. The van der Waals surface area contributed by atoms with Gasteiger partial charge in [0.25, 0.3) is 0 Å². The van der Waals surface area contributed by atoms with Gasteiger partial charge in [-0.1, -0.05) is 13.3 Å². The lowest BCUT2D eigenvalue weighted by Crippen LogP contribution is -2.40. The number of unbranched alkanes of at least 4 members (excludes halogenated alkanes) is 1. The smallest absolute Gasteiger partial charge is 0.0673 e. The highest BCUT2D eigenvalue weighted by Crippen LogP contribution is 2.49. The Hall–Kier alpha value is -0.120. The van der Waals surface area contributed by atoms with Crippen LogP contribution in [0.15, 0.2) is 0 Å². The molecule has 17 heavy (non-hydrogen) atoms. The van der Waals surface area contributed by atoms with E-state index in [4.69, 9.17) is 15.2 Å². The molecule has 2 fully saturated rings. The zero-order valence-corrected chi connectivity index (χ0v) is 11.1. The van der Waals surface area contributed by atoms with Gasteiger partial charge in [0.05, 0.1) is 6.10 Å². The highest BCUT2D eigenvalue weighted by molar-refractivity contribution is 4.99. The molecule has 3 nitrogen and oxygen atoms in total. The van der Waals surface area contributed by atoms with Gasteiger partial charge >= 0.3 is 0 Å². The van der Waals surface area contributed by atoms with Crippen molar-refractivity contribution in [3.63, 3.8) is 0 Å². The standard InChI is InChI=1S/C14H27NO2/c1-2-3-8-16-9-6-14(11-15)7-10-17-13(14)12-4-5-12/h12-13H,2-11,15H2,1H3. The van der Waals surface area contributed by atoms with Crippen molar-refractivity contribution in [2.75, 3.05) is 26.4 Å². The highest BCUT2D eigenvalue weighted by atomic mass is 16.5. The first kappa shape index (κ1) is 13.3. The fourth-order valence-corrected chi connectivity index (χ4v) is 2.95. The third kappa shape index (κ3) is 3.21. The summed E-state index contributed by atoms with van der Waals surface area (Å²) in [5.74, 6) is 0.789. The second kappa shape index (κ2) is 6.17. The summed E-state index contributed by atoms with van der Waals surface area (Å²) in [6, 6.07) is 0. The van der Waals surface area contributed by atoms with E-state index in [1.807, 2.05) is 0 Å². The van der Waals surface area contributed by atoms with Gasteiger partial charge in [0.15, 0.2) is 0 Å². The molecule has 2 aliphatic rings. The van der Waals surface area contributed by atoms with Gasteiger partial charge < -0.3 is 15.2 Å². The fourth-order valence-electron chi connectivity index (χ4n) is 2.95. The van der Waals surface area contributed by atoms with Crippen LogP contribution in [0.2, 0.25) is 0 Å². The van der Waals surface area contributed by atoms with Crippen LogP contribution in [0.25, 0.3) is 0 Å². The van der Waals surface area contributed by atoms with Crippen LogP contribution < -0.4 is 5.73 Å². The summed E-state index contributed by atoms with van der Waals surface area (Å²) < 4.78 is 11.6. The number of nitrogens with two attached hydrogens (primary N) is 1. The van der Waals surface area contributed by atoms with E-state index in [1.165, 1.54) is 19.3 Å². The van der Waals surface area contributed by atoms with Crippen LogP contribution >= 0.6 is 0 Å². The number of rotatable bonds is 8. The zero-order chi connectivity index (χ0) is 12.1. The molecule has 0 aromatic rings. The molecule has 0 radical (unpaired) electrons. The minimum atomic E-state index is 0.216. The van der Waals surface area contributed by atoms with Gasteiger partial charge in [0.1, 0.15) is 0 Å². The Morgan fingerprint density at radius 2 is 2.18 bits per heavy atom. The predicted molar refractivity (Wildman–Crippen MR) is 68.9 cm³/mol. The summed E-state index contributed by atoms with van der Waals surface area (Å²) in [5, 5.41) is 0. The summed E-state index contributed by atoms with van der Waals surface area (Å²) in [6.45, 7) is 5.59. The molecule has 0 spiro atoms. The largest absolute Gasteiger partial charge is 0.381 e. The summed E-state index contributed by atoms with van der Waals surface area (Å²) in [6.07, 6.45) is 7.67. The van der Waals surface area contributed by atoms with Gasteiger partial charge in [-0.2, -0.15) is 0 Å². The Morgan fingerprint density at radius 3 is 2.82 bits per heavy atom. The Morgan fingerprint density at radius 1 is 1.35 bits per heavy atom. The first-order chi connectivity index (χ1) is 8.32. The topological polar surface area (TPSA) is 44.5 Å². The Bertz CT molecular complexity index is 230. The average Bonchev–Trinajstić information content (AvgIpc) is 3.10. The van der Waals surface area contributed by atoms with Gasteiger partial charge in [-0.3, -0.25) is 0 Å². The molecule has 2 rings (SSSR count). The molecular weight excluding hydrogens is 214 g/mol. The molecule has 1 saturated carbocycles. The van der Waals surface area contributed by atoms with Gasteiger partial charge in [-0.25, -0.2) is 0 Å².